The zero-order chi connectivity index (χ0) is 22.5. The van der Waals surface area contributed by atoms with Crippen LogP contribution in [0.4, 0.5) is 0 Å². The Kier molecular flexibility index (Phi) is 7.27. The second-order valence-corrected chi connectivity index (χ2v) is 8.80. The van der Waals surface area contributed by atoms with E-state index in [0.29, 0.717) is 24.2 Å². The summed E-state index contributed by atoms with van der Waals surface area (Å²) in [7, 11) is 1.67. The van der Waals surface area contributed by atoms with Crippen LogP contribution in [-0.2, 0) is 17.7 Å². The number of ether oxygens (including phenoxy) is 2. The number of aromatic nitrogens is 3. The molecule has 0 saturated carbocycles. The molecule has 0 N–H and O–H groups in total. The van der Waals surface area contributed by atoms with Gasteiger partial charge in [-0.25, -0.2) is 4.98 Å². The highest BCUT2D eigenvalue weighted by atomic mass is 79.9. The molecule has 32 heavy (non-hydrogen) atoms. The van der Waals surface area contributed by atoms with Crippen LogP contribution in [0.15, 0.2) is 53.1 Å². The molecule has 2 heterocycles. The Hall–Kier alpha value is -2.64. The van der Waals surface area contributed by atoms with Crippen molar-refractivity contribution in [2.24, 2.45) is 0 Å². The third kappa shape index (κ3) is 4.89. The zero-order valence-electron chi connectivity index (χ0n) is 18.5. The normalized spacial score (nSPS) is 11.5. The second kappa shape index (κ2) is 10.3. The highest BCUT2D eigenvalue weighted by molar-refractivity contribution is 9.10. The van der Waals surface area contributed by atoms with E-state index >= 15 is 0 Å². The van der Waals surface area contributed by atoms with Gasteiger partial charge in [-0.2, -0.15) is 4.73 Å². The molecule has 0 bridgehead atoms. The first-order valence-corrected chi connectivity index (χ1v) is 11.8. The molecule has 6 nitrogen and oxygen atoms in total. The van der Waals surface area contributed by atoms with Crippen LogP contribution in [0.2, 0.25) is 0 Å². The number of hydrogen-bond donors (Lipinski definition) is 0. The van der Waals surface area contributed by atoms with E-state index in [4.69, 9.17) is 14.5 Å². The first-order chi connectivity index (χ1) is 15.6. The van der Waals surface area contributed by atoms with Crippen molar-refractivity contribution in [2.75, 3.05) is 20.3 Å². The van der Waals surface area contributed by atoms with E-state index in [2.05, 4.69) is 39.6 Å². The molecule has 0 unspecified atom stereocenters. The van der Waals surface area contributed by atoms with Gasteiger partial charge in [-0.05, 0) is 42.7 Å². The summed E-state index contributed by atoms with van der Waals surface area (Å²) in [4.78, 5) is 4.86. The van der Waals surface area contributed by atoms with Gasteiger partial charge in [0.25, 0.3) is 0 Å². The van der Waals surface area contributed by atoms with Gasteiger partial charge in [0.2, 0.25) is 11.7 Å². The van der Waals surface area contributed by atoms with Crippen molar-refractivity contribution in [2.45, 2.75) is 39.2 Å². The predicted octanol–water partition coefficient (Wildman–Crippen LogP) is 5.39. The van der Waals surface area contributed by atoms with Crippen molar-refractivity contribution in [3.8, 4) is 5.75 Å². The van der Waals surface area contributed by atoms with Crippen molar-refractivity contribution in [1.29, 1.82) is 0 Å². The number of pyridine rings is 1. The second-order valence-electron chi connectivity index (χ2n) is 7.88. The summed E-state index contributed by atoms with van der Waals surface area (Å²) in [6, 6.07) is 13.9. The minimum Gasteiger partial charge on any atom is -0.618 e. The number of nitrogens with zero attached hydrogens (tertiary/aromatic N) is 3. The van der Waals surface area contributed by atoms with Crippen molar-refractivity contribution >= 4 is 37.9 Å². The van der Waals surface area contributed by atoms with E-state index in [1.165, 1.54) is 0 Å². The molecule has 2 aromatic heterocycles. The van der Waals surface area contributed by atoms with Crippen molar-refractivity contribution in [1.82, 2.24) is 9.55 Å². The first-order valence-electron chi connectivity index (χ1n) is 11.0. The van der Waals surface area contributed by atoms with Crippen LogP contribution in [0.25, 0.3) is 21.9 Å². The molecule has 7 heteroatoms. The van der Waals surface area contributed by atoms with Gasteiger partial charge in [-0.1, -0.05) is 41.4 Å². The van der Waals surface area contributed by atoms with Crippen LogP contribution >= 0.6 is 15.9 Å². The standard InChI is InChI=1S/C25H28BrN3O3/c1-3-4-13-32-14-5-6-24-27-22-17-29(30)23-15-19(26)9-12-21(23)25(22)28(24)16-18-7-10-20(31-2)11-8-18/h7-12,15,17H,3-6,13-14,16H2,1-2H3. The van der Waals surface area contributed by atoms with Gasteiger partial charge in [0, 0.05) is 36.7 Å². The summed E-state index contributed by atoms with van der Waals surface area (Å²) < 4.78 is 15.1. The topological polar surface area (TPSA) is 63.2 Å². The van der Waals surface area contributed by atoms with E-state index in [9.17, 15) is 5.21 Å². The number of benzene rings is 2. The van der Waals surface area contributed by atoms with Crippen LogP contribution in [0.3, 0.4) is 0 Å². The van der Waals surface area contributed by atoms with E-state index in [1.54, 1.807) is 13.3 Å². The molecule has 0 aliphatic rings. The largest absolute Gasteiger partial charge is 0.618 e. The van der Waals surface area contributed by atoms with E-state index in [0.717, 1.165) is 69.5 Å². The third-order valence-corrected chi connectivity index (χ3v) is 6.09. The molecule has 4 rings (SSSR count). The quantitative estimate of drug-likeness (QED) is 0.167. The lowest BCUT2D eigenvalue weighted by molar-refractivity contribution is -0.575. The molecule has 0 fully saturated rings. The summed E-state index contributed by atoms with van der Waals surface area (Å²) >= 11 is 3.48. The number of aryl methyl sites for hydroxylation is 1. The maximum atomic E-state index is 12.7. The van der Waals surface area contributed by atoms with Crippen LogP contribution in [0.1, 0.15) is 37.6 Å². The van der Waals surface area contributed by atoms with Gasteiger partial charge >= 0.3 is 0 Å². The highest BCUT2D eigenvalue weighted by Gasteiger charge is 2.19. The average Bonchev–Trinajstić information content (AvgIpc) is 3.13. The van der Waals surface area contributed by atoms with Crippen molar-refractivity contribution in [3.63, 3.8) is 0 Å². The Balaban J connectivity index is 1.73. The van der Waals surface area contributed by atoms with Crippen LogP contribution in [0, 0.1) is 5.21 Å². The van der Waals surface area contributed by atoms with Gasteiger partial charge in [-0.3, -0.25) is 0 Å². The molecule has 2 aromatic carbocycles. The molecule has 4 aromatic rings. The molecular weight excluding hydrogens is 470 g/mol. The minimum absolute atomic E-state index is 0.622. The van der Waals surface area contributed by atoms with Crippen LogP contribution in [-0.4, -0.2) is 29.9 Å². The SMILES string of the molecule is CCCCOCCCc1nc2c[n+]([O-])c3cc(Br)ccc3c2n1Cc1ccc(OC)cc1. The summed E-state index contributed by atoms with van der Waals surface area (Å²) in [5.74, 6) is 1.79. The van der Waals surface area contributed by atoms with Gasteiger partial charge in [0.1, 0.15) is 11.6 Å². The fraction of sp³-hybridized carbons (Fsp3) is 0.360. The summed E-state index contributed by atoms with van der Waals surface area (Å²) in [6.45, 7) is 4.34. The maximum Gasteiger partial charge on any atom is 0.227 e. The fourth-order valence-electron chi connectivity index (χ4n) is 3.92. The Morgan fingerprint density at radius 3 is 2.62 bits per heavy atom. The molecule has 0 aliphatic carbocycles. The summed E-state index contributed by atoms with van der Waals surface area (Å²) in [5, 5.41) is 13.6. The van der Waals surface area contributed by atoms with Gasteiger partial charge < -0.3 is 19.2 Å². The highest BCUT2D eigenvalue weighted by Crippen LogP contribution is 2.28. The van der Waals surface area contributed by atoms with Gasteiger partial charge in [0.15, 0.2) is 5.52 Å². The van der Waals surface area contributed by atoms with Crippen molar-refractivity contribution in [3.05, 3.63) is 69.7 Å². The smallest absolute Gasteiger partial charge is 0.227 e. The molecule has 0 amide bonds. The summed E-state index contributed by atoms with van der Waals surface area (Å²) in [6.07, 6.45) is 5.47. The van der Waals surface area contributed by atoms with E-state index in [-0.39, 0.29) is 0 Å². The number of halogens is 1. The molecule has 0 aliphatic heterocycles. The predicted molar refractivity (Wildman–Crippen MR) is 130 cm³/mol. The van der Waals surface area contributed by atoms with Crippen LogP contribution < -0.4 is 9.47 Å². The third-order valence-electron chi connectivity index (χ3n) is 5.60. The number of imidazole rings is 1. The number of fused-ring (bicyclic) bond motifs is 3. The molecule has 0 atom stereocenters. The summed E-state index contributed by atoms with van der Waals surface area (Å²) in [5.41, 5.74) is 3.47. The maximum absolute atomic E-state index is 12.7. The molecule has 168 valence electrons. The lowest BCUT2D eigenvalue weighted by Crippen LogP contribution is -2.26. The Morgan fingerprint density at radius 2 is 1.88 bits per heavy atom. The number of methoxy groups -OCH3 is 1. The van der Waals surface area contributed by atoms with E-state index < -0.39 is 0 Å². The molecule has 0 saturated heterocycles. The molecular formula is C25H28BrN3O3. The molecule has 0 spiro atoms. The fourth-order valence-corrected chi connectivity index (χ4v) is 4.27. The van der Waals surface area contributed by atoms with Gasteiger partial charge in [0.05, 0.1) is 18.0 Å². The number of unbranched alkanes of at least 4 members (excludes halogenated alkanes) is 1. The Morgan fingerprint density at radius 1 is 1.09 bits per heavy atom. The lowest BCUT2D eigenvalue weighted by atomic mass is 10.1. The van der Waals surface area contributed by atoms with Gasteiger partial charge in [-0.15, -0.1) is 0 Å². The minimum atomic E-state index is 0.622. The monoisotopic (exact) mass is 497 g/mol. The average molecular weight is 498 g/mol. The first kappa shape index (κ1) is 22.6. The lowest BCUT2D eigenvalue weighted by Gasteiger charge is -2.12. The van der Waals surface area contributed by atoms with Crippen LogP contribution in [0.5, 0.6) is 5.75 Å². The zero-order valence-corrected chi connectivity index (χ0v) is 20.1. The Labute approximate surface area is 196 Å². The molecule has 0 radical (unpaired) electrons. The number of hydrogen-bond acceptors (Lipinski definition) is 4. The van der Waals surface area contributed by atoms with Crippen molar-refractivity contribution < 1.29 is 14.2 Å². The van der Waals surface area contributed by atoms with E-state index in [1.807, 2.05) is 30.3 Å². The Bertz CT molecular complexity index is 1200. The number of rotatable bonds is 10.